The number of carbonyl (C=O) groups is 1. The SMILES string of the molecule is Cc1c2cccc(-c3cccc(C(=O)N(CCC#N)c4cccc(-c5cccc6c(C)n(Cc7cccc(C(F)(F)F)c7)nc56)c4)c3)c2nn1Cc1cccc(C(F)(F)F)c1. The Bertz CT molecular complexity index is 2990. The molecular weight excluding hydrogens is 791 g/mol. The van der Waals surface area contributed by atoms with Gasteiger partial charge in [0.05, 0.1) is 36.7 Å². The fourth-order valence-corrected chi connectivity index (χ4v) is 7.69. The standard InChI is InChI=1S/C48H36F6N6O/c1-30-40-18-7-20-42(44(40)56-59(30)28-32-10-3-15-37(24-32)47(49,50)51)34-12-5-14-36(26-34)46(61)58(23-9-22-55)39-17-6-13-35(27-39)43-21-8-19-41-31(2)60(57-45(41)43)29-33-11-4-16-38(25-33)48(52,53)54/h3-8,10-21,24-27H,9,23,28-29H2,1-2H3. The summed E-state index contributed by atoms with van der Waals surface area (Å²) in [5.41, 5.74) is 6.15. The molecule has 306 valence electrons. The van der Waals surface area contributed by atoms with Crippen LogP contribution < -0.4 is 4.90 Å². The predicted octanol–water partition coefficient (Wildman–Crippen LogP) is 12.0. The molecule has 0 fully saturated rings. The molecule has 0 saturated carbocycles. The zero-order valence-corrected chi connectivity index (χ0v) is 32.9. The van der Waals surface area contributed by atoms with E-state index in [1.54, 1.807) is 50.7 Å². The lowest BCUT2D eigenvalue weighted by molar-refractivity contribution is -0.138. The molecule has 7 nitrogen and oxygen atoms in total. The summed E-state index contributed by atoms with van der Waals surface area (Å²) in [6.07, 6.45) is -8.87. The zero-order valence-electron chi connectivity index (χ0n) is 32.9. The summed E-state index contributed by atoms with van der Waals surface area (Å²) in [4.78, 5) is 16.0. The van der Waals surface area contributed by atoms with Crippen molar-refractivity contribution >= 4 is 33.4 Å². The number of rotatable bonds is 10. The van der Waals surface area contributed by atoms with Gasteiger partial charge in [0.2, 0.25) is 0 Å². The van der Waals surface area contributed by atoms with Gasteiger partial charge >= 0.3 is 12.4 Å². The van der Waals surface area contributed by atoms with Crippen LogP contribution in [0.25, 0.3) is 44.1 Å². The molecule has 0 atom stereocenters. The van der Waals surface area contributed by atoms with Crippen molar-refractivity contribution in [3.63, 3.8) is 0 Å². The molecule has 0 aliphatic heterocycles. The van der Waals surface area contributed by atoms with Crippen LogP contribution >= 0.6 is 0 Å². The van der Waals surface area contributed by atoms with Crippen molar-refractivity contribution in [1.29, 1.82) is 5.26 Å². The van der Waals surface area contributed by atoms with Gasteiger partial charge in [0.15, 0.2) is 0 Å². The summed E-state index contributed by atoms with van der Waals surface area (Å²) < 4.78 is 84.1. The predicted molar refractivity (Wildman–Crippen MR) is 223 cm³/mol. The van der Waals surface area contributed by atoms with Crippen LogP contribution in [0.5, 0.6) is 0 Å². The number of amides is 1. The first-order chi connectivity index (χ1) is 29.2. The third-order valence-corrected chi connectivity index (χ3v) is 10.8. The van der Waals surface area contributed by atoms with Crippen molar-refractivity contribution in [2.24, 2.45) is 0 Å². The number of aryl methyl sites for hydroxylation is 2. The van der Waals surface area contributed by atoms with Crippen LogP contribution in [-0.4, -0.2) is 32.0 Å². The van der Waals surface area contributed by atoms with Crippen molar-refractivity contribution in [2.45, 2.75) is 45.7 Å². The molecule has 13 heteroatoms. The first-order valence-electron chi connectivity index (χ1n) is 19.3. The van der Waals surface area contributed by atoms with Gasteiger partial charge in [-0.1, -0.05) is 84.9 Å². The number of carbonyl (C=O) groups excluding carboxylic acids is 1. The van der Waals surface area contributed by atoms with E-state index >= 15 is 0 Å². The average Bonchev–Trinajstić information content (AvgIpc) is 3.74. The molecule has 0 unspecified atom stereocenters. The van der Waals surface area contributed by atoms with Crippen molar-refractivity contribution in [1.82, 2.24) is 19.6 Å². The van der Waals surface area contributed by atoms with Crippen molar-refractivity contribution < 1.29 is 31.1 Å². The molecule has 0 aliphatic carbocycles. The fourth-order valence-electron chi connectivity index (χ4n) is 7.69. The molecule has 8 aromatic rings. The van der Waals surface area contributed by atoms with Crippen LogP contribution in [0.15, 0.2) is 133 Å². The average molecular weight is 827 g/mol. The van der Waals surface area contributed by atoms with Crippen molar-refractivity contribution in [2.75, 3.05) is 11.4 Å². The molecule has 0 bridgehead atoms. The topological polar surface area (TPSA) is 79.7 Å². The number of alkyl halides is 6. The Morgan fingerprint density at radius 2 is 1.10 bits per heavy atom. The van der Waals surface area contributed by atoms with E-state index in [1.807, 2.05) is 74.5 Å². The van der Waals surface area contributed by atoms with Gasteiger partial charge in [-0.05, 0) is 84.6 Å². The summed E-state index contributed by atoms with van der Waals surface area (Å²) in [6.45, 7) is 4.10. The molecular formula is C48H36F6N6O. The van der Waals surface area contributed by atoms with E-state index in [9.17, 15) is 36.4 Å². The number of aromatic nitrogens is 4. The molecule has 6 aromatic carbocycles. The third-order valence-electron chi connectivity index (χ3n) is 10.8. The lowest BCUT2D eigenvalue weighted by Crippen LogP contribution is -2.31. The first-order valence-corrected chi connectivity index (χ1v) is 19.3. The Morgan fingerprint density at radius 1 is 0.623 bits per heavy atom. The number of fused-ring (bicyclic) bond motifs is 2. The molecule has 8 rings (SSSR count). The van der Waals surface area contributed by atoms with Gasteiger partial charge in [-0.3, -0.25) is 14.2 Å². The highest BCUT2D eigenvalue weighted by Gasteiger charge is 2.31. The first kappa shape index (κ1) is 40.6. The van der Waals surface area contributed by atoms with E-state index in [0.717, 1.165) is 63.1 Å². The van der Waals surface area contributed by atoms with E-state index < -0.39 is 23.5 Å². The van der Waals surface area contributed by atoms with E-state index in [2.05, 4.69) is 6.07 Å². The van der Waals surface area contributed by atoms with Gasteiger partial charge in [-0.2, -0.15) is 41.8 Å². The van der Waals surface area contributed by atoms with E-state index in [0.29, 0.717) is 39.0 Å². The Hall–Kier alpha value is -7.20. The number of nitrogens with zero attached hydrogens (tertiary/aromatic N) is 6. The highest BCUT2D eigenvalue weighted by Crippen LogP contribution is 2.36. The van der Waals surface area contributed by atoms with E-state index in [1.165, 1.54) is 12.1 Å². The van der Waals surface area contributed by atoms with E-state index in [-0.39, 0.29) is 32.0 Å². The number of hydrogen-bond donors (Lipinski definition) is 0. The minimum absolute atomic E-state index is 0.0618. The van der Waals surface area contributed by atoms with Crippen LogP contribution in [0.4, 0.5) is 32.0 Å². The summed E-state index contributed by atoms with van der Waals surface area (Å²) in [5, 5.41) is 20.9. The normalized spacial score (nSPS) is 11.9. The van der Waals surface area contributed by atoms with Crippen molar-refractivity contribution in [3.05, 3.63) is 173 Å². The summed E-state index contributed by atoms with van der Waals surface area (Å²) in [5.74, 6) is -0.341. The number of benzene rings is 6. The van der Waals surface area contributed by atoms with Gasteiger partial charge in [0.25, 0.3) is 5.91 Å². The molecule has 2 heterocycles. The molecule has 2 aromatic heterocycles. The number of hydrogen-bond acceptors (Lipinski definition) is 4. The van der Waals surface area contributed by atoms with Crippen molar-refractivity contribution in [3.8, 4) is 28.3 Å². The van der Waals surface area contributed by atoms with Gasteiger partial charge in [-0.15, -0.1) is 0 Å². The Morgan fingerprint density at radius 3 is 1.61 bits per heavy atom. The monoisotopic (exact) mass is 826 g/mol. The van der Waals surface area contributed by atoms with Crippen LogP contribution in [0.2, 0.25) is 0 Å². The largest absolute Gasteiger partial charge is 0.416 e. The maximum atomic E-state index is 14.5. The lowest BCUT2D eigenvalue weighted by Gasteiger charge is -2.23. The quantitative estimate of drug-likeness (QED) is 0.129. The van der Waals surface area contributed by atoms with Gasteiger partial charge in [0, 0.05) is 51.1 Å². The van der Waals surface area contributed by atoms with Crippen LogP contribution in [0.3, 0.4) is 0 Å². The van der Waals surface area contributed by atoms with Crippen LogP contribution in [0.1, 0.15) is 50.4 Å². The number of nitriles is 1. The van der Waals surface area contributed by atoms with Gasteiger partial charge in [-0.25, -0.2) is 0 Å². The molecule has 0 N–H and O–H groups in total. The summed E-state index contributed by atoms with van der Waals surface area (Å²) in [7, 11) is 0. The van der Waals surface area contributed by atoms with Gasteiger partial charge in [0.1, 0.15) is 11.0 Å². The fraction of sp³-hybridized carbons (Fsp3) is 0.167. The number of halogens is 6. The lowest BCUT2D eigenvalue weighted by atomic mass is 9.99. The van der Waals surface area contributed by atoms with E-state index in [4.69, 9.17) is 10.2 Å². The molecule has 0 saturated heterocycles. The maximum Gasteiger partial charge on any atom is 0.416 e. The number of anilines is 1. The Balaban J connectivity index is 1.10. The molecule has 0 aliphatic rings. The second-order valence-electron chi connectivity index (χ2n) is 14.8. The highest BCUT2D eigenvalue weighted by atomic mass is 19.4. The summed E-state index contributed by atoms with van der Waals surface area (Å²) in [6, 6.07) is 38.3. The van der Waals surface area contributed by atoms with Crippen LogP contribution in [0, 0.1) is 25.2 Å². The Kier molecular flexibility index (Phi) is 10.7. The highest BCUT2D eigenvalue weighted by molar-refractivity contribution is 6.08. The third kappa shape index (κ3) is 8.21. The van der Waals surface area contributed by atoms with Crippen LogP contribution in [-0.2, 0) is 25.4 Å². The van der Waals surface area contributed by atoms with Gasteiger partial charge < -0.3 is 4.90 Å². The molecule has 1 amide bonds. The smallest absolute Gasteiger partial charge is 0.307 e. The Labute approximate surface area is 346 Å². The second kappa shape index (κ2) is 16.1. The minimum atomic E-state index is -4.47. The maximum absolute atomic E-state index is 14.5. The molecule has 61 heavy (non-hydrogen) atoms. The second-order valence-corrected chi connectivity index (χ2v) is 14.8. The molecule has 0 spiro atoms. The minimum Gasteiger partial charge on any atom is -0.307 e. The summed E-state index contributed by atoms with van der Waals surface area (Å²) >= 11 is 0. The zero-order chi connectivity index (χ0) is 43.1. The molecule has 0 radical (unpaired) electrons.